The highest BCUT2D eigenvalue weighted by molar-refractivity contribution is 9.10. The van der Waals surface area contributed by atoms with Gasteiger partial charge in [0.15, 0.2) is 0 Å². The molecule has 1 saturated heterocycles. The van der Waals surface area contributed by atoms with Gasteiger partial charge in [0.05, 0.1) is 30.9 Å². The second kappa shape index (κ2) is 11.4. The molecule has 2 aliphatic heterocycles. The number of carbonyl (C=O) groups excluding carboxylic acids is 3. The molecule has 214 valence electrons. The Balaban J connectivity index is 1.38. The number of fused-ring (bicyclic) bond motifs is 2. The quantitative estimate of drug-likeness (QED) is 0.273. The summed E-state index contributed by atoms with van der Waals surface area (Å²) in [5.74, 6) is -1.10. The minimum absolute atomic E-state index is 0.239. The number of imide groups is 1. The van der Waals surface area contributed by atoms with Gasteiger partial charge in [-0.05, 0) is 66.2 Å². The summed E-state index contributed by atoms with van der Waals surface area (Å²) in [5, 5.41) is 2.56. The molecule has 4 aromatic rings. The first-order valence-electron chi connectivity index (χ1n) is 12.9. The van der Waals surface area contributed by atoms with E-state index in [2.05, 4.69) is 21.2 Å². The maximum absolute atomic E-state index is 14.0. The van der Waals surface area contributed by atoms with Crippen LogP contribution in [0.2, 0.25) is 0 Å². The normalized spacial score (nSPS) is 19.3. The van der Waals surface area contributed by atoms with Gasteiger partial charge >= 0.3 is 4.87 Å². The Kier molecular flexibility index (Phi) is 7.69. The van der Waals surface area contributed by atoms with Crippen molar-refractivity contribution in [2.45, 2.75) is 22.7 Å². The molecule has 3 aromatic carbocycles. The number of anilines is 2. The van der Waals surface area contributed by atoms with Crippen molar-refractivity contribution in [1.29, 1.82) is 0 Å². The van der Waals surface area contributed by atoms with E-state index < -0.39 is 23.0 Å². The van der Waals surface area contributed by atoms with Crippen molar-refractivity contribution in [2.75, 3.05) is 24.4 Å². The second-order valence-electron chi connectivity index (χ2n) is 9.71. The van der Waals surface area contributed by atoms with Crippen LogP contribution >= 0.6 is 39.0 Å². The van der Waals surface area contributed by atoms with Crippen molar-refractivity contribution < 1.29 is 23.9 Å². The summed E-state index contributed by atoms with van der Waals surface area (Å²) in [5.41, 5.74) is 1.81. The smallest absolute Gasteiger partial charge is 0.308 e. The zero-order chi connectivity index (χ0) is 29.5. The number of nitrogens with zero attached hydrogens (tertiary/aromatic N) is 2. The highest BCUT2D eigenvalue weighted by Gasteiger charge is 2.56. The summed E-state index contributed by atoms with van der Waals surface area (Å²) in [4.78, 5) is 55.8. The van der Waals surface area contributed by atoms with E-state index in [1.165, 1.54) is 21.2 Å². The molecule has 3 heterocycles. The van der Waals surface area contributed by atoms with Gasteiger partial charge in [-0.1, -0.05) is 51.2 Å². The van der Waals surface area contributed by atoms with Gasteiger partial charge in [0, 0.05) is 21.0 Å². The number of carbonyl (C=O) groups is 3. The molecular weight excluding hydrogens is 642 g/mol. The lowest BCUT2D eigenvalue weighted by Crippen LogP contribution is -2.33. The van der Waals surface area contributed by atoms with Crippen molar-refractivity contribution in [1.82, 2.24) is 4.57 Å². The van der Waals surface area contributed by atoms with E-state index in [4.69, 9.17) is 9.47 Å². The first-order valence-corrected chi connectivity index (χ1v) is 15.4. The Labute approximate surface area is 257 Å². The van der Waals surface area contributed by atoms with Crippen molar-refractivity contribution in [2.24, 2.45) is 5.92 Å². The third-order valence-corrected chi connectivity index (χ3v) is 10.4. The molecule has 0 aliphatic carbocycles. The van der Waals surface area contributed by atoms with Crippen LogP contribution in [-0.4, -0.2) is 41.8 Å². The summed E-state index contributed by atoms with van der Waals surface area (Å²) in [6.45, 7) is -0.239. The van der Waals surface area contributed by atoms with E-state index in [0.717, 1.165) is 21.4 Å². The number of ether oxygens (including phenoxy) is 2. The van der Waals surface area contributed by atoms with Crippen LogP contribution in [-0.2, 0) is 20.9 Å². The molecular formula is C30H24BrN3O6S2. The molecule has 2 unspecified atom stereocenters. The molecule has 42 heavy (non-hydrogen) atoms. The number of halogens is 1. The number of hydrogen-bond donors (Lipinski definition) is 1. The Bertz CT molecular complexity index is 1750. The summed E-state index contributed by atoms with van der Waals surface area (Å²) in [7, 11) is 3.10. The molecule has 1 N–H and O–H groups in total. The van der Waals surface area contributed by atoms with Crippen LogP contribution in [0.5, 0.6) is 11.5 Å². The number of methoxy groups -OCH3 is 2. The maximum atomic E-state index is 14.0. The van der Waals surface area contributed by atoms with Crippen molar-refractivity contribution in [3.63, 3.8) is 0 Å². The molecule has 3 atom stereocenters. The van der Waals surface area contributed by atoms with Gasteiger partial charge in [-0.2, -0.15) is 0 Å². The SMILES string of the molecule is COc1ccc(NC(=O)Cn2c3c(sc2=O)[C@H](c2cccc(Br)c2)C2C(=O)N(c4ccc(OC)cc4)C(=O)C2S3)cc1. The van der Waals surface area contributed by atoms with E-state index >= 15 is 0 Å². The zero-order valence-electron chi connectivity index (χ0n) is 22.4. The van der Waals surface area contributed by atoms with Gasteiger partial charge in [-0.15, -0.1) is 0 Å². The van der Waals surface area contributed by atoms with Crippen molar-refractivity contribution >= 4 is 68.1 Å². The molecule has 6 rings (SSSR count). The summed E-state index contributed by atoms with van der Waals surface area (Å²) in [6, 6.07) is 21.2. The molecule has 3 amide bonds. The Hall–Kier alpha value is -3.87. The Morgan fingerprint density at radius 3 is 2.24 bits per heavy atom. The number of amides is 3. The highest BCUT2D eigenvalue weighted by Crippen LogP contribution is 2.54. The largest absolute Gasteiger partial charge is 0.497 e. The lowest BCUT2D eigenvalue weighted by Gasteiger charge is -2.30. The number of rotatable bonds is 7. The van der Waals surface area contributed by atoms with Crippen LogP contribution in [0.15, 0.2) is 87.1 Å². The minimum atomic E-state index is -0.777. The van der Waals surface area contributed by atoms with E-state index in [0.29, 0.717) is 32.8 Å². The van der Waals surface area contributed by atoms with Crippen molar-refractivity contribution in [3.8, 4) is 11.5 Å². The number of thiazole rings is 1. The lowest BCUT2D eigenvalue weighted by molar-refractivity contribution is -0.122. The Morgan fingerprint density at radius 1 is 0.929 bits per heavy atom. The average Bonchev–Trinajstić information content (AvgIpc) is 3.43. The van der Waals surface area contributed by atoms with Crippen LogP contribution in [0.3, 0.4) is 0 Å². The van der Waals surface area contributed by atoms with E-state index in [1.807, 2.05) is 24.3 Å². The zero-order valence-corrected chi connectivity index (χ0v) is 25.6. The highest BCUT2D eigenvalue weighted by atomic mass is 79.9. The van der Waals surface area contributed by atoms with E-state index in [9.17, 15) is 19.2 Å². The Morgan fingerprint density at radius 2 is 1.60 bits per heavy atom. The summed E-state index contributed by atoms with van der Waals surface area (Å²) in [6.07, 6.45) is 0. The van der Waals surface area contributed by atoms with Crippen LogP contribution < -0.4 is 24.6 Å². The molecule has 9 nitrogen and oxygen atoms in total. The third kappa shape index (κ3) is 5.03. The van der Waals surface area contributed by atoms with Gasteiger partial charge in [-0.25, -0.2) is 4.90 Å². The number of thioether (sulfide) groups is 1. The summed E-state index contributed by atoms with van der Waals surface area (Å²) >= 11 is 5.71. The van der Waals surface area contributed by atoms with Crippen LogP contribution in [0.4, 0.5) is 11.4 Å². The first kappa shape index (κ1) is 28.3. The first-order chi connectivity index (χ1) is 20.3. The molecule has 1 fully saturated rings. The monoisotopic (exact) mass is 665 g/mol. The topological polar surface area (TPSA) is 107 Å². The molecule has 0 saturated carbocycles. The fraction of sp³-hybridized carbons (Fsp3) is 0.200. The van der Waals surface area contributed by atoms with Crippen LogP contribution in [0, 0.1) is 5.92 Å². The molecule has 0 spiro atoms. The fourth-order valence-corrected chi connectivity index (χ4v) is 8.51. The predicted molar refractivity (Wildman–Crippen MR) is 165 cm³/mol. The molecule has 2 aliphatic rings. The van der Waals surface area contributed by atoms with Crippen LogP contribution in [0.1, 0.15) is 16.4 Å². The molecule has 1 aromatic heterocycles. The van der Waals surface area contributed by atoms with Gasteiger partial charge in [-0.3, -0.25) is 23.7 Å². The maximum Gasteiger partial charge on any atom is 0.308 e. The summed E-state index contributed by atoms with van der Waals surface area (Å²) < 4.78 is 12.6. The van der Waals surface area contributed by atoms with E-state index in [-0.39, 0.29) is 23.2 Å². The number of aromatic nitrogens is 1. The van der Waals surface area contributed by atoms with Crippen LogP contribution in [0.25, 0.3) is 0 Å². The van der Waals surface area contributed by atoms with E-state index in [1.54, 1.807) is 62.8 Å². The molecule has 0 radical (unpaired) electrons. The lowest BCUT2D eigenvalue weighted by atomic mass is 9.83. The number of nitrogens with one attached hydrogen (secondary N) is 1. The molecule has 12 heteroatoms. The number of benzene rings is 3. The second-order valence-corrected chi connectivity index (χ2v) is 12.7. The minimum Gasteiger partial charge on any atom is -0.497 e. The third-order valence-electron chi connectivity index (χ3n) is 7.26. The fourth-order valence-electron chi connectivity index (χ4n) is 5.32. The van der Waals surface area contributed by atoms with Gasteiger partial charge < -0.3 is 14.8 Å². The average molecular weight is 667 g/mol. The molecule has 0 bridgehead atoms. The van der Waals surface area contributed by atoms with Gasteiger partial charge in [0.25, 0.3) is 0 Å². The van der Waals surface area contributed by atoms with Gasteiger partial charge in [0.1, 0.15) is 23.3 Å². The predicted octanol–water partition coefficient (Wildman–Crippen LogP) is 5.12. The van der Waals surface area contributed by atoms with Gasteiger partial charge in [0.2, 0.25) is 17.7 Å². The standard InChI is InChI=1S/C30H24BrN3O6S2/c1-39-20-10-6-18(7-11-20)32-22(35)15-33-29-26(42-30(33)38)23(16-4-3-5-17(31)14-16)24-25(41-29)28(37)34(27(24)36)19-8-12-21(40-2)13-9-19/h3-14,23-25H,15H2,1-2H3,(H,32,35)/t23-,24?,25?/m1/s1. The number of hydrogen-bond acceptors (Lipinski definition) is 8. The van der Waals surface area contributed by atoms with Crippen molar-refractivity contribution in [3.05, 3.63) is 97.4 Å².